The molecule has 0 bridgehead atoms. The fourth-order valence-corrected chi connectivity index (χ4v) is 2.20. The van der Waals surface area contributed by atoms with Crippen LogP contribution in [0.5, 0.6) is 5.75 Å². The predicted octanol–water partition coefficient (Wildman–Crippen LogP) is 4.00. The third-order valence-electron chi connectivity index (χ3n) is 3.24. The molecule has 0 saturated carbocycles. The summed E-state index contributed by atoms with van der Waals surface area (Å²) in [6, 6.07) is 8.16. The van der Waals surface area contributed by atoms with Crippen molar-refractivity contribution in [2.24, 2.45) is 0 Å². The van der Waals surface area contributed by atoms with Gasteiger partial charge in [-0.1, -0.05) is 39.0 Å². The highest BCUT2D eigenvalue weighted by atomic mass is 32.1. The third kappa shape index (κ3) is 3.82. The van der Waals surface area contributed by atoms with Crippen LogP contribution in [0.1, 0.15) is 32.2 Å². The summed E-state index contributed by atoms with van der Waals surface area (Å²) in [6.07, 6.45) is 1.78. The first-order chi connectivity index (χ1) is 9.91. The molecule has 0 spiro atoms. The van der Waals surface area contributed by atoms with Gasteiger partial charge in [0.05, 0.1) is 0 Å². The predicted molar refractivity (Wildman–Crippen MR) is 87.1 cm³/mol. The number of H-pyrrole nitrogens is 1. The minimum Gasteiger partial charge on any atom is -0.486 e. The second-order valence-electron chi connectivity index (χ2n) is 5.91. The Kier molecular flexibility index (Phi) is 4.63. The van der Waals surface area contributed by atoms with Crippen LogP contribution in [0, 0.1) is 4.77 Å². The summed E-state index contributed by atoms with van der Waals surface area (Å²) in [5, 5.41) is 6.95. The molecular weight excluding hydrogens is 282 g/mol. The molecule has 0 aliphatic heterocycles. The molecular formula is C16H21N3OS. The van der Waals surface area contributed by atoms with Crippen molar-refractivity contribution in [1.29, 1.82) is 0 Å². The molecule has 0 amide bonds. The van der Waals surface area contributed by atoms with E-state index in [0.717, 1.165) is 11.6 Å². The largest absolute Gasteiger partial charge is 0.486 e. The van der Waals surface area contributed by atoms with Gasteiger partial charge in [-0.15, -0.1) is 6.58 Å². The highest BCUT2D eigenvalue weighted by Crippen LogP contribution is 2.24. The molecule has 2 rings (SSSR count). The lowest BCUT2D eigenvalue weighted by atomic mass is 9.87. The molecule has 0 fully saturated rings. The number of rotatable bonds is 5. The van der Waals surface area contributed by atoms with Crippen molar-refractivity contribution in [3.63, 3.8) is 0 Å². The zero-order valence-corrected chi connectivity index (χ0v) is 13.5. The Labute approximate surface area is 130 Å². The number of nitrogens with zero attached hydrogens (tertiary/aromatic N) is 2. The van der Waals surface area contributed by atoms with Gasteiger partial charge in [0.2, 0.25) is 0 Å². The normalized spacial score (nSPS) is 11.4. The second-order valence-corrected chi connectivity index (χ2v) is 6.29. The van der Waals surface area contributed by atoms with E-state index < -0.39 is 0 Å². The van der Waals surface area contributed by atoms with Crippen molar-refractivity contribution in [3.8, 4) is 5.75 Å². The summed E-state index contributed by atoms with van der Waals surface area (Å²) >= 11 is 5.17. The lowest BCUT2D eigenvalue weighted by Crippen LogP contribution is -2.10. The fraction of sp³-hybridized carbons (Fsp3) is 0.375. The van der Waals surface area contributed by atoms with Crippen molar-refractivity contribution < 1.29 is 4.74 Å². The zero-order valence-electron chi connectivity index (χ0n) is 12.7. The van der Waals surface area contributed by atoms with Gasteiger partial charge in [0.25, 0.3) is 0 Å². The number of benzene rings is 1. The molecule has 0 aliphatic carbocycles. The van der Waals surface area contributed by atoms with Gasteiger partial charge in [-0.05, 0) is 35.3 Å². The van der Waals surface area contributed by atoms with E-state index in [-0.39, 0.29) is 5.41 Å². The average molecular weight is 303 g/mol. The molecule has 2 aromatic rings. The SMILES string of the molecule is C=CCn1c(COc2ccc(C(C)(C)C)cc2)n[nH]c1=S. The van der Waals surface area contributed by atoms with Crippen LogP contribution in [-0.2, 0) is 18.6 Å². The Balaban J connectivity index is 2.07. The van der Waals surface area contributed by atoms with Crippen molar-refractivity contribution in [2.45, 2.75) is 39.3 Å². The van der Waals surface area contributed by atoms with Gasteiger partial charge in [-0.3, -0.25) is 9.67 Å². The molecule has 1 aromatic carbocycles. The summed E-state index contributed by atoms with van der Waals surface area (Å²) in [5.74, 6) is 1.59. The molecule has 0 atom stereocenters. The van der Waals surface area contributed by atoms with Crippen molar-refractivity contribution in [3.05, 3.63) is 53.1 Å². The first-order valence-corrected chi connectivity index (χ1v) is 7.31. The van der Waals surface area contributed by atoms with Crippen molar-refractivity contribution in [2.75, 3.05) is 0 Å². The van der Waals surface area contributed by atoms with Crippen molar-refractivity contribution in [1.82, 2.24) is 14.8 Å². The minimum absolute atomic E-state index is 0.144. The van der Waals surface area contributed by atoms with Gasteiger partial charge >= 0.3 is 0 Å². The van der Waals surface area contributed by atoms with Crippen LogP contribution in [0.15, 0.2) is 36.9 Å². The van der Waals surface area contributed by atoms with Gasteiger partial charge < -0.3 is 4.74 Å². The zero-order chi connectivity index (χ0) is 15.5. The summed E-state index contributed by atoms with van der Waals surface area (Å²) in [6.45, 7) is 11.3. The Morgan fingerprint density at radius 3 is 2.57 bits per heavy atom. The second kappa shape index (κ2) is 6.26. The molecule has 1 aromatic heterocycles. The number of hydrogen-bond donors (Lipinski definition) is 1. The Morgan fingerprint density at radius 1 is 1.33 bits per heavy atom. The van der Waals surface area contributed by atoms with Crippen LogP contribution in [0.4, 0.5) is 0 Å². The number of allylic oxidation sites excluding steroid dienone is 1. The number of hydrogen-bond acceptors (Lipinski definition) is 3. The van der Waals surface area contributed by atoms with Crippen LogP contribution in [0.2, 0.25) is 0 Å². The molecule has 1 heterocycles. The number of ether oxygens (including phenoxy) is 1. The van der Waals surface area contributed by atoms with Crippen LogP contribution in [0.25, 0.3) is 0 Å². The maximum absolute atomic E-state index is 5.78. The summed E-state index contributed by atoms with van der Waals surface area (Å²) < 4.78 is 8.22. The first kappa shape index (κ1) is 15.5. The molecule has 5 heteroatoms. The maximum atomic E-state index is 5.78. The van der Waals surface area contributed by atoms with Crippen LogP contribution < -0.4 is 4.74 Å². The summed E-state index contributed by atoms with van der Waals surface area (Å²) in [4.78, 5) is 0. The van der Waals surface area contributed by atoms with E-state index in [9.17, 15) is 0 Å². The van der Waals surface area contributed by atoms with E-state index in [1.54, 1.807) is 6.08 Å². The summed E-state index contributed by atoms with van der Waals surface area (Å²) in [5.41, 5.74) is 1.43. The molecule has 0 aliphatic rings. The average Bonchev–Trinajstić information content (AvgIpc) is 2.78. The van der Waals surface area contributed by atoms with Gasteiger partial charge in [0, 0.05) is 6.54 Å². The Morgan fingerprint density at radius 2 is 2.00 bits per heavy atom. The molecule has 0 radical (unpaired) electrons. The highest BCUT2D eigenvalue weighted by molar-refractivity contribution is 7.71. The molecule has 0 unspecified atom stereocenters. The topological polar surface area (TPSA) is 42.8 Å². The van der Waals surface area contributed by atoms with Gasteiger partial charge in [0.1, 0.15) is 12.4 Å². The van der Waals surface area contributed by atoms with E-state index >= 15 is 0 Å². The summed E-state index contributed by atoms with van der Waals surface area (Å²) in [7, 11) is 0. The van der Waals surface area contributed by atoms with Crippen LogP contribution in [0.3, 0.4) is 0 Å². The molecule has 4 nitrogen and oxygen atoms in total. The molecule has 112 valence electrons. The standard InChI is InChI=1S/C16H21N3OS/c1-5-10-19-14(17-18-15(19)21)11-20-13-8-6-12(7-9-13)16(2,3)4/h5-9H,1,10-11H2,2-4H3,(H,18,21). The third-order valence-corrected chi connectivity index (χ3v) is 3.55. The van der Waals surface area contributed by atoms with Crippen LogP contribution in [-0.4, -0.2) is 14.8 Å². The van der Waals surface area contributed by atoms with Crippen molar-refractivity contribution >= 4 is 12.2 Å². The van der Waals surface area contributed by atoms with Crippen LogP contribution >= 0.6 is 12.2 Å². The van der Waals surface area contributed by atoms with E-state index in [0.29, 0.717) is 17.9 Å². The minimum atomic E-state index is 0.144. The number of aromatic nitrogens is 3. The van der Waals surface area contributed by atoms with E-state index in [2.05, 4.69) is 49.7 Å². The van der Waals surface area contributed by atoms with E-state index in [1.165, 1.54) is 5.56 Å². The highest BCUT2D eigenvalue weighted by Gasteiger charge is 2.13. The van der Waals surface area contributed by atoms with Gasteiger partial charge in [-0.25, -0.2) is 0 Å². The Hall–Kier alpha value is -1.88. The monoisotopic (exact) mass is 303 g/mol. The molecule has 1 N–H and O–H groups in total. The quantitative estimate of drug-likeness (QED) is 0.670. The number of aromatic amines is 1. The Bertz CT molecular complexity index is 662. The lowest BCUT2D eigenvalue weighted by molar-refractivity contribution is 0.290. The van der Waals surface area contributed by atoms with Gasteiger partial charge in [0.15, 0.2) is 10.6 Å². The molecule has 21 heavy (non-hydrogen) atoms. The lowest BCUT2D eigenvalue weighted by Gasteiger charge is -2.19. The first-order valence-electron chi connectivity index (χ1n) is 6.90. The maximum Gasteiger partial charge on any atom is 0.195 e. The fourth-order valence-electron chi connectivity index (χ4n) is 1.98. The molecule has 0 saturated heterocycles. The van der Waals surface area contributed by atoms with Gasteiger partial charge in [-0.2, -0.15) is 5.10 Å². The van der Waals surface area contributed by atoms with E-state index in [1.807, 2.05) is 16.7 Å². The van der Waals surface area contributed by atoms with E-state index in [4.69, 9.17) is 17.0 Å². The number of nitrogens with one attached hydrogen (secondary N) is 1. The smallest absolute Gasteiger partial charge is 0.195 e.